The maximum absolute atomic E-state index is 6.46. The van der Waals surface area contributed by atoms with Gasteiger partial charge in [-0.15, -0.1) is 0 Å². The summed E-state index contributed by atoms with van der Waals surface area (Å²) in [6, 6.07) is 23.9. The number of ether oxygens (including phenoxy) is 1. The molecule has 2 nitrogen and oxygen atoms in total. The first-order valence-electron chi connectivity index (χ1n) is 14.9. The van der Waals surface area contributed by atoms with Crippen molar-refractivity contribution in [2.24, 2.45) is 0 Å². The molecule has 2 heterocycles. The summed E-state index contributed by atoms with van der Waals surface area (Å²) >= 11 is 0. The van der Waals surface area contributed by atoms with E-state index in [1.165, 1.54) is 27.6 Å². The van der Waals surface area contributed by atoms with Crippen molar-refractivity contribution in [2.75, 3.05) is 0 Å². The Bertz CT molecular complexity index is 1750. The molecule has 0 saturated heterocycles. The van der Waals surface area contributed by atoms with Gasteiger partial charge in [-0.1, -0.05) is 113 Å². The van der Waals surface area contributed by atoms with E-state index in [0.29, 0.717) is 0 Å². The summed E-state index contributed by atoms with van der Waals surface area (Å²) in [6.07, 6.45) is 16.8. The van der Waals surface area contributed by atoms with Gasteiger partial charge in [0.05, 0.1) is 11.2 Å². The van der Waals surface area contributed by atoms with Crippen LogP contribution in [0.2, 0.25) is 0 Å². The summed E-state index contributed by atoms with van der Waals surface area (Å²) in [5.74, 6) is 1.67. The second-order valence-corrected chi connectivity index (χ2v) is 11.2. The highest BCUT2D eigenvalue weighted by atomic mass is 16.5. The summed E-state index contributed by atoms with van der Waals surface area (Å²) in [6.45, 7) is 19.2. The van der Waals surface area contributed by atoms with Gasteiger partial charge in [-0.3, -0.25) is 0 Å². The van der Waals surface area contributed by atoms with Crippen LogP contribution in [0, 0.1) is 0 Å². The summed E-state index contributed by atoms with van der Waals surface area (Å²) in [7, 11) is 0. The molecule has 0 aliphatic carbocycles. The van der Waals surface area contributed by atoms with Gasteiger partial charge in [0.15, 0.2) is 0 Å². The number of unbranched alkanes of at least 4 members (excludes halogenated alkanes) is 1. The third kappa shape index (κ3) is 4.92. The monoisotopic (exact) mass is 551 g/mol. The number of hydrogen-bond acceptors (Lipinski definition) is 1. The second-order valence-electron chi connectivity index (χ2n) is 11.2. The first-order valence-corrected chi connectivity index (χ1v) is 14.9. The van der Waals surface area contributed by atoms with Gasteiger partial charge in [-0.05, 0) is 73.4 Å². The minimum Gasteiger partial charge on any atom is -0.457 e. The zero-order valence-electron chi connectivity index (χ0n) is 25.6. The summed E-state index contributed by atoms with van der Waals surface area (Å²) in [5.41, 5.74) is 10.2. The van der Waals surface area contributed by atoms with Crippen molar-refractivity contribution in [2.45, 2.75) is 52.9 Å². The molecule has 0 bridgehead atoms. The molecule has 1 aliphatic heterocycles. The van der Waals surface area contributed by atoms with E-state index in [1.54, 1.807) is 0 Å². The first kappa shape index (κ1) is 29.0. The van der Waals surface area contributed by atoms with E-state index in [2.05, 4.69) is 143 Å². The number of rotatable bonds is 9. The van der Waals surface area contributed by atoms with Crippen LogP contribution in [0.1, 0.15) is 75.4 Å². The fourth-order valence-corrected chi connectivity index (χ4v) is 6.25. The molecular formula is C40H41NO. The highest BCUT2D eigenvalue weighted by molar-refractivity contribution is 6.00. The Morgan fingerprint density at radius 2 is 1.55 bits per heavy atom. The highest BCUT2D eigenvalue weighted by Crippen LogP contribution is 2.50. The van der Waals surface area contributed by atoms with Gasteiger partial charge >= 0.3 is 0 Å². The normalized spacial score (nSPS) is 14.9. The van der Waals surface area contributed by atoms with Crippen molar-refractivity contribution in [1.29, 1.82) is 0 Å². The Morgan fingerprint density at radius 1 is 0.857 bits per heavy atom. The topological polar surface area (TPSA) is 14.2 Å². The Labute approximate surface area is 251 Å². The van der Waals surface area contributed by atoms with Crippen LogP contribution in [0.15, 0.2) is 122 Å². The molecule has 3 aromatic carbocycles. The number of fused-ring (bicyclic) bond motifs is 3. The van der Waals surface area contributed by atoms with E-state index in [1.807, 2.05) is 19.1 Å². The van der Waals surface area contributed by atoms with E-state index in [0.717, 1.165) is 52.4 Å². The Kier molecular flexibility index (Phi) is 8.36. The van der Waals surface area contributed by atoms with Gasteiger partial charge in [0, 0.05) is 33.2 Å². The predicted octanol–water partition coefficient (Wildman–Crippen LogP) is 11.2. The molecule has 0 amide bonds. The van der Waals surface area contributed by atoms with Crippen molar-refractivity contribution >= 4 is 28.6 Å². The third-order valence-corrected chi connectivity index (χ3v) is 8.16. The molecule has 212 valence electrons. The van der Waals surface area contributed by atoms with Gasteiger partial charge < -0.3 is 9.30 Å². The summed E-state index contributed by atoms with van der Waals surface area (Å²) in [5, 5.41) is 1.17. The molecule has 1 aromatic heterocycles. The first-order chi connectivity index (χ1) is 20.4. The van der Waals surface area contributed by atoms with Gasteiger partial charge in [0.2, 0.25) is 0 Å². The molecule has 0 spiro atoms. The molecule has 0 N–H and O–H groups in total. The van der Waals surface area contributed by atoms with E-state index in [-0.39, 0.29) is 5.41 Å². The number of hydrogen-bond donors (Lipinski definition) is 0. The molecule has 1 aliphatic rings. The van der Waals surface area contributed by atoms with E-state index < -0.39 is 0 Å². The second kappa shape index (κ2) is 12.1. The molecule has 5 rings (SSSR count). The van der Waals surface area contributed by atoms with Crippen LogP contribution in [0.5, 0.6) is 5.75 Å². The smallest absolute Gasteiger partial charge is 0.132 e. The van der Waals surface area contributed by atoms with Crippen LogP contribution in [0.25, 0.3) is 34.3 Å². The van der Waals surface area contributed by atoms with Crippen LogP contribution in [0.3, 0.4) is 0 Å². The van der Waals surface area contributed by atoms with Gasteiger partial charge in [-0.25, -0.2) is 0 Å². The van der Waals surface area contributed by atoms with E-state index in [9.17, 15) is 0 Å². The Hall–Kier alpha value is -4.56. The molecule has 42 heavy (non-hydrogen) atoms. The summed E-state index contributed by atoms with van der Waals surface area (Å²) < 4.78 is 8.82. The number of allylic oxidation sites excluding steroid dienone is 6. The lowest BCUT2D eigenvalue weighted by atomic mass is 9.73. The maximum atomic E-state index is 6.46. The SMILES string of the molecule is C=CC1=C(/C=C\C)C(C)(C)c2c(ccc3c2c(C=C)c(/C=C\C)n3-c2ccc(/C(=C/CCC)c3ccccc3)cc2)O1. The van der Waals surface area contributed by atoms with Crippen molar-refractivity contribution in [1.82, 2.24) is 4.57 Å². The average molecular weight is 552 g/mol. The number of nitrogens with zero attached hydrogens (tertiary/aromatic N) is 1. The van der Waals surface area contributed by atoms with Gasteiger partial charge in [0.25, 0.3) is 0 Å². The third-order valence-electron chi connectivity index (χ3n) is 8.16. The van der Waals surface area contributed by atoms with Gasteiger partial charge in [0.1, 0.15) is 11.5 Å². The average Bonchev–Trinajstić information content (AvgIpc) is 3.32. The van der Waals surface area contributed by atoms with Crippen molar-refractivity contribution < 1.29 is 4.74 Å². The highest BCUT2D eigenvalue weighted by Gasteiger charge is 2.37. The lowest BCUT2D eigenvalue weighted by molar-refractivity contribution is 0.390. The molecular weight excluding hydrogens is 510 g/mol. The molecule has 4 aromatic rings. The zero-order valence-corrected chi connectivity index (χ0v) is 25.6. The lowest BCUT2D eigenvalue weighted by Gasteiger charge is -2.35. The van der Waals surface area contributed by atoms with Crippen LogP contribution < -0.4 is 4.74 Å². The zero-order chi connectivity index (χ0) is 29.9. The maximum Gasteiger partial charge on any atom is 0.132 e. The van der Waals surface area contributed by atoms with Crippen molar-refractivity contribution in [3.05, 3.63) is 150 Å². The lowest BCUT2D eigenvalue weighted by Crippen LogP contribution is -2.27. The van der Waals surface area contributed by atoms with E-state index >= 15 is 0 Å². The molecule has 0 radical (unpaired) electrons. The predicted molar refractivity (Wildman–Crippen MR) is 182 cm³/mol. The molecule has 0 fully saturated rings. The largest absolute Gasteiger partial charge is 0.457 e. The number of benzene rings is 3. The fourth-order valence-electron chi connectivity index (χ4n) is 6.25. The Balaban J connectivity index is 1.74. The molecule has 0 unspecified atom stereocenters. The minimum atomic E-state index is -0.307. The molecule has 2 heteroatoms. The van der Waals surface area contributed by atoms with Crippen LogP contribution in [-0.4, -0.2) is 4.57 Å². The Morgan fingerprint density at radius 3 is 2.17 bits per heavy atom. The fraction of sp³-hybridized carbons (Fsp3) is 0.200. The van der Waals surface area contributed by atoms with Crippen LogP contribution >= 0.6 is 0 Å². The van der Waals surface area contributed by atoms with E-state index in [4.69, 9.17) is 4.74 Å². The van der Waals surface area contributed by atoms with Crippen LogP contribution in [0.4, 0.5) is 0 Å². The quantitative estimate of drug-likeness (QED) is 0.202. The number of aromatic nitrogens is 1. The van der Waals surface area contributed by atoms with Crippen molar-refractivity contribution in [3.8, 4) is 11.4 Å². The standard InChI is InChI=1S/C40H41NO/c1-8-13-21-32(28-19-15-14-16-20-28)29-22-24-30(25-23-29)41-34(18-10-3)31(11-4)38-35(41)26-27-37-39(38)40(6,7)33(17-9-2)36(12-5)42-37/h9-12,14-27H,4-5,8,13H2,1-3,6-7H3/b17-9-,18-10-,32-21+. The van der Waals surface area contributed by atoms with Gasteiger partial charge in [-0.2, -0.15) is 0 Å². The van der Waals surface area contributed by atoms with Crippen molar-refractivity contribution in [3.63, 3.8) is 0 Å². The van der Waals surface area contributed by atoms with Crippen LogP contribution in [-0.2, 0) is 5.41 Å². The molecule has 0 atom stereocenters. The minimum absolute atomic E-state index is 0.307. The molecule has 0 saturated carbocycles. The summed E-state index contributed by atoms with van der Waals surface area (Å²) in [4.78, 5) is 0.